The van der Waals surface area contributed by atoms with E-state index in [-0.39, 0.29) is 35.8 Å². The minimum absolute atomic E-state index is 0.0931. The average molecular weight is 507 g/mol. The Hall–Kier alpha value is -3.75. The monoisotopic (exact) mass is 506 g/mol. The summed E-state index contributed by atoms with van der Waals surface area (Å²) in [6.07, 6.45) is 3.70. The van der Waals surface area contributed by atoms with Gasteiger partial charge in [0, 0.05) is 52.6 Å². The number of carbonyl (C=O) groups is 2. The van der Waals surface area contributed by atoms with Crippen molar-refractivity contribution in [1.82, 2.24) is 4.90 Å². The van der Waals surface area contributed by atoms with Crippen LogP contribution in [0.4, 0.5) is 11.4 Å². The van der Waals surface area contributed by atoms with Gasteiger partial charge in [0.25, 0.3) is 17.5 Å². The molecule has 2 unspecified atom stereocenters. The Morgan fingerprint density at radius 3 is 2.36 bits per heavy atom. The maximum Gasteiger partial charge on any atom is 0.269 e. The topological polar surface area (TPSA) is 119 Å². The number of hydrogen-bond acceptors (Lipinski definition) is 5. The summed E-state index contributed by atoms with van der Waals surface area (Å²) in [7, 11) is 0. The van der Waals surface area contributed by atoms with E-state index in [1.165, 1.54) is 24.3 Å². The van der Waals surface area contributed by atoms with Crippen LogP contribution >= 0.6 is 11.6 Å². The van der Waals surface area contributed by atoms with Crippen molar-refractivity contribution in [3.05, 3.63) is 105 Å². The second kappa shape index (κ2) is 11.3. The summed E-state index contributed by atoms with van der Waals surface area (Å²) in [4.78, 5) is 38.4. The van der Waals surface area contributed by atoms with E-state index in [0.717, 1.165) is 25.7 Å². The van der Waals surface area contributed by atoms with Crippen LogP contribution in [0.1, 0.15) is 52.0 Å². The fourth-order valence-corrected chi connectivity index (χ4v) is 4.69. The van der Waals surface area contributed by atoms with Crippen molar-refractivity contribution in [3.63, 3.8) is 0 Å². The van der Waals surface area contributed by atoms with Crippen LogP contribution in [0.5, 0.6) is 0 Å². The van der Waals surface area contributed by atoms with Gasteiger partial charge in [-0.05, 0) is 60.9 Å². The zero-order valence-electron chi connectivity index (χ0n) is 19.6. The second-order valence-corrected chi connectivity index (χ2v) is 9.29. The number of anilines is 1. The molecule has 4 rings (SSSR count). The fraction of sp³-hybridized carbons (Fsp3) is 0.259. The first kappa shape index (κ1) is 25.3. The summed E-state index contributed by atoms with van der Waals surface area (Å²) >= 11 is 6.52. The lowest BCUT2D eigenvalue weighted by molar-refractivity contribution is -0.384. The highest BCUT2D eigenvalue weighted by Crippen LogP contribution is 2.29. The maximum absolute atomic E-state index is 13.5. The van der Waals surface area contributed by atoms with Crippen LogP contribution in [0.25, 0.3) is 0 Å². The van der Waals surface area contributed by atoms with Gasteiger partial charge < -0.3 is 16.0 Å². The average Bonchev–Trinajstić information content (AvgIpc) is 2.89. The van der Waals surface area contributed by atoms with Crippen LogP contribution in [0.2, 0.25) is 5.02 Å². The van der Waals surface area contributed by atoms with Gasteiger partial charge in [-0.3, -0.25) is 19.7 Å². The smallest absolute Gasteiger partial charge is 0.269 e. The summed E-state index contributed by atoms with van der Waals surface area (Å²) < 4.78 is 0. The molecule has 0 bridgehead atoms. The number of halogens is 1. The van der Waals surface area contributed by atoms with E-state index in [2.05, 4.69) is 5.32 Å². The zero-order valence-corrected chi connectivity index (χ0v) is 20.4. The molecule has 0 heterocycles. The van der Waals surface area contributed by atoms with Gasteiger partial charge >= 0.3 is 0 Å². The van der Waals surface area contributed by atoms with Gasteiger partial charge in [0.15, 0.2) is 0 Å². The number of non-ortho nitro benzene ring substituents is 1. The second-order valence-electron chi connectivity index (χ2n) is 8.88. The number of hydrogen-bond donors (Lipinski definition) is 2. The van der Waals surface area contributed by atoms with Gasteiger partial charge in [0.1, 0.15) is 0 Å². The van der Waals surface area contributed by atoms with E-state index in [1.807, 2.05) is 18.2 Å². The highest BCUT2D eigenvalue weighted by molar-refractivity contribution is 6.31. The fourth-order valence-electron chi connectivity index (χ4n) is 4.51. The molecule has 9 heteroatoms. The Kier molecular flexibility index (Phi) is 7.97. The minimum Gasteiger partial charge on any atom is -0.330 e. The molecule has 1 aliphatic rings. The van der Waals surface area contributed by atoms with E-state index < -0.39 is 10.8 Å². The molecule has 0 spiro atoms. The van der Waals surface area contributed by atoms with Crippen LogP contribution in [0.15, 0.2) is 72.8 Å². The molecule has 1 fully saturated rings. The Bertz CT molecular complexity index is 1250. The van der Waals surface area contributed by atoms with Gasteiger partial charge in [-0.25, -0.2) is 0 Å². The third-order valence-electron chi connectivity index (χ3n) is 6.45. The highest BCUT2D eigenvalue weighted by atomic mass is 35.5. The number of rotatable bonds is 7. The SMILES string of the molecule is NC1CCCCC1N(Cc1cc(NC(=O)c2ccc([N+](=O)[O-])cc2)ccc1Cl)C(=O)c1ccccc1. The Labute approximate surface area is 214 Å². The van der Waals surface area contributed by atoms with E-state index in [9.17, 15) is 19.7 Å². The number of carbonyl (C=O) groups excluding carboxylic acids is 2. The summed E-state index contributed by atoms with van der Waals surface area (Å²) in [6, 6.07) is 19.3. The summed E-state index contributed by atoms with van der Waals surface area (Å²) in [6.45, 7) is 0.242. The van der Waals surface area contributed by atoms with Crippen molar-refractivity contribution in [1.29, 1.82) is 0 Å². The zero-order chi connectivity index (χ0) is 25.7. The van der Waals surface area contributed by atoms with Crippen molar-refractivity contribution in [2.24, 2.45) is 5.73 Å². The molecule has 36 heavy (non-hydrogen) atoms. The first-order chi connectivity index (χ1) is 17.3. The molecule has 3 aromatic carbocycles. The van der Waals surface area contributed by atoms with Crippen LogP contribution in [-0.4, -0.2) is 33.7 Å². The standard InChI is InChI=1S/C27H27ClN4O4/c28-23-15-12-21(30-26(33)18-10-13-22(14-11-18)32(35)36)16-20(23)17-31(25-9-5-4-8-24(25)29)27(34)19-6-2-1-3-7-19/h1-3,6-7,10-16,24-25H,4-5,8-9,17,29H2,(H,30,33). The highest BCUT2D eigenvalue weighted by Gasteiger charge is 2.32. The van der Waals surface area contributed by atoms with Crippen molar-refractivity contribution < 1.29 is 14.5 Å². The van der Waals surface area contributed by atoms with Gasteiger partial charge in [-0.15, -0.1) is 0 Å². The lowest BCUT2D eigenvalue weighted by Gasteiger charge is -2.38. The van der Waals surface area contributed by atoms with Crippen LogP contribution in [0, 0.1) is 10.1 Å². The molecule has 0 radical (unpaired) electrons. The quantitative estimate of drug-likeness (QED) is 0.328. The number of benzene rings is 3. The molecule has 186 valence electrons. The number of nitro benzene ring substituents is 1. The lowest BCUT2D eigenvalue weighted by Crippen LogP contribution is -2.51. The molecule has 2 atom stereocenters. The Morgan fingerprint density at radius 1 is 1.00 bits per heavy atom. The first-order valence-electron chi connectivity index (χ1n) is 11.8. The van der Waals surface area contributed by atoms with E-state index >= 15 is 0 Å². The van der Waals surface area contributed by atoms with Crippen molar-refractivity contribution >= 4 is 34.8 Å². The number of nitrogens with one attached hydrogen (secondary N) is 1. The third-order valence-corrected chi connectivity index (χ3v) is 6.82. The molecular weight excluding hydrogens is 480 g/mol. The molecular formula is C27H27ClN4O4. The summed E-state index contributed by atoms with van der Waals surface area (Å²) in [5, 5.41) is 14.1. The Morgan fingerprint density at radius 2 is 1.69 bits per heavy atom. The third kappa shape index (κ3) is 5.90. The predicted octanol–water partition coefficient (Wildman–Crippen LogP) is 5.41. The molecule has 0 aliphatic heterocycles. The largest absolute Gasteiger partial charge is 0.330 e. The maximum atomic E-state index is 13.5. The molecule has 3 N–H and O–H groups in total. The number of nitrogens with zero attached hydrogens (tertiary/aromatic N) is 2. The van der Waals surface area contributed by atoms with Crippen LogP contribution in [0.3, 0.4) is 0 Å². The van der Waals surface area contributed by atoms with E-state index in [1.54, 1.807) is 35.2 Å². The first-order valence-corrected chi connectivity index (χ1v) is 12.2. The van der Waals surface area contributed by atoms with Crippen molar-refractivity contribution in [2.75, 3.05) is 5.32 Å². The molecule has 2 amide bonds. The number of nitrogens with two attached hydrogens (primary N) is 1. The molecule has 0 saturated heterocycles. The van der Waals surface area contributed by atoms with Crippen molar-refractivity contribution in [2.45, 2.75) is 44.3 Å². The van der Waals surface area contributed by atoms with E-state index in [0.29, 0.717) is 21.8 Å². The van der Waals surface area contributed by atoms with Crippen LogP contribution in [-0.2, 0) is 6.54 Å². The normalized spacial score (nSPS) is 17.3. The van der Waals surface area contributed by atoms with E-state index in [4.69, 9.17) is 17.3 Å². The lowest BCUT2D eigenvalue weighted by atomic mass is 9.89. The number of nitro groups is 1. The molecule has 8 nitrogen and oxygen atoms in total. The Balaban J connectivity index is 1.57. The van der Waals surface area contributed by atoms with Crippen molar-refractivity contribution in [3.8, 4) is 0 Å². The molecule has 3 aromatic rings. The van der Waals surface area contributed by atoms with Gasteiger partial charge in [0.2, 0.25) is 0 Å². The van der Waals surface area contributed by atoms with Crippen LogP contribution < -0.4 is 11.1 Å². The molecule has 0 aromatic heterocycles. The molecule has 1 saturated carbocycles. The van der Waals surface area contributed by atoms with Gasteiger partial charge in [0.05, 0.1) is 4.92 Å². The summed E-state index contributed by atoms with van der Waals surface area (Å²) in [5.41, 5.74) is 8.40. The minimum atomic E-state index is -0.520. The number of amides is 2. The summed E-state index contributed by atoms with van der Waals surface area (Å²) in [5.74, 6) is -0.529. The molecule has 1 aliphatic carbocycles. The van der Waals surface area contributed by atoms with Gasteiger partial charge in [-0.2, -0.15) is 0 Å². The van der Waals surface area contributed by atoms with Gasteiger partial charge in [-0.1, -0.05) is 42.6 Å². The predicted molar refractivity (Wildman–Crippen MR) is 139 cm³/mol.